The van der Waals surface area contributed by atoms with E-state index in [9.17, 15) is 4.39 Å². The molecule has 0 aromatic heterocycles. The number of benzene rings is 1. The Labute approximate surface area is 102 Å². The van der Waals surface area contributed by atoms with Crippen molar-refractivity contribution in [1.29, 1.82) is 0 Å². The fourth-order valence-electron chi connectivity index (χ4n) is 1.17. The fourth-order valence-corrected chi connectivity index (χ4v) is 2.67. The molecule has 0 aliphatic rings. The van der Waals surface area contributed by atoms with Crippen LogP contribution in [0, 0.1) is 0 Å². The molecule has 0 radical (unpaired) electrons. The highest BCUT2D eigenvalue weighted by atomic mass is 79.9. The standard InChI is InChI=1S/C11H14BrFOS/c1-7(2)15-11-4-3-8(5-9(11)12)10(13)6-14/h3-5,7,10,14H,6H2,1-2H3. The van der Waals surface area contributed by atoms with Gasteiger partial charge in [0.1, 0.15) is 6.17 Å². The molecule has 0 aliphatic heterocycles. The number of aliphatic hydroxyl groups excluding tert-OH is 1. The second-order valence-electron chi connectivity index (χ2n) is 3.51. The minimum absolute atomic E-state index is 0.469. The Bertz CT molecular complexity index is 330. The summed E-state index contributed by atoms with van der Waals surface area (Å²) in [7, 11) is 0. The molecule has 0 fully saturated rings. The van der Waals surface area contributed by atoms with Crippen molar-refractivity contribution in [1.82, 2.24) is 0 Å². The molecule has 1 aromatic rings. The molecule has 84 valence electrons. The van der Waals surface area contributed by atoms with Crippen LogP contribution in [0.5, 0.6) is 0 Å². The van der Waals surface area contributed by atoms with Crippen LogP contribution >= 0.6 is 27.7 Å². The quantitative estimate of drug-likeness (QED) is 0.848. The molecule has 0 spiro atoms. The average Bonchev–Trinajstić information content (AvgIpc) is 2.19. The topological polar surface area (TPSA) is 20.2 Å². The Hall–Kier alpha value is -0.0600. The molecule has 1 atom stereocenters. The van der Waals surface area contributed by atoms with Crippen molar-refractivity contribution < 1.29 is 9.50 Å². The molecule has 1 unspecified atom stereocenters. The van der Waals surface area contributed by atoms with E-state index < -0.39 is 12.8 Å². The molecule has 0 bridgehead atoms. The minimum Gasteiger partial charge on any atom is -0.393 e. The van der Waals surface area contributed by atoms with Crippen LogP contribution in [0.2, 0.25) is 0 Å². The first-order valence-electron chi connectivity index (χ1n) is 4.75. The van der Waals surface area contributed by atoms with E-state index in [1.54, 1.807) is 23.9 Å². The van der Waals surface area contributed by atoms with Gasteiger partial charge in [0.2, 0.25) is 0 Å². The lowest BCUT2D eigenvalue weighted by molar-refractivity contribution is 0.180. The van der Waals surface area contributed by atoms with Crippen LogP contribution in [0.3, 0.4) is 0 Å². The first-order valence-corrected chi connectivity index (χ1v) is 6.43. The highest BCUT2D eigenvalue weighted by Crippen LogP contribution is 2.33. The SMILES string of the molecule is CC(C)Sc1ccc(C(F)CO)cc1Br. The zero-order valence-corrected chi connectivity index (χ0v) is 11.1. The lowest BCUT2D eigenvalue weighted by Gasteiger charge is -2.10. The van der Waals surface area contributed by atoms with Crippen LogP contribution < -0.4 is 0 Å². The van der Waals surface area contributed by atoms with Crippen molar-refractivity contribution in [2.24, 2.45) is 0 Å². The maximum atomic E-state index is 13.2. The lowest BCUT2D eigenvalue weighted by atomic mass is 10.1. The molecule has 1 rings (SSSR count). The predicted octanol–water partition coefficient (Wildman–Crippen LogP) is 3.95. The van der Waals surface area contributed by atoms with Crippen LogP contribution in [-0.4, -0.2) is 17.0 Å². The van der Waals surface area contributed by atoms with Crippen LogP contribution in [-0.2, 0) is 0 Å². The zero-order chi connectivity index (χ0) is 11.4. The summed E-state index contributed by atoms with van der Waals surface area (Å²) in [5.41, 5.74) is 0.512. The van der Waals surface area contributed by atoms with Gasteiger partial charge in [0.05, 0.1) is 6.61 Å². The second kappa shape index (κ2) is 5.87. The molecule has 1 N–H and O–H groups in total. The Balaban J connectivity index is 2.88. The van der Waals surface area contributed by atoms with Crippen LogP contribution in [0.4, 0.5) is 4.39 Å². The van der Waals surface area contributed by atoms with Gasteiger partial charge in [-0.2, -0.15) is 0 Å². The van der Waals surface area contributed by atoms with Gasteiger partial charge in [-0.25, -0.2) is 4.39 Å². The normalized spacial score (nSPS) is 13.2. The number of hydrogen-bond acceptors (Lipinski definition) is 2. The molecule has 0 aliphatic carbocycles. The van der Waals surface area contributed by atoms with Crippen molar-refractivity contribution >= 4 is 27.7 Å². The highest BCUT2D eigenvalue weighted by molar-refractivity contribution is 9.10. The Morgan fingerprint density at radius 3 is 2.60 bits per heavy atom. The fraction of sp³-hybridized carbons (Fsp3) is 0.455. The molecular weight excluding hydrogens is 279 g/mol. The summed E-state index contributed by atoms with van der Waals surface area (Å²) in [6.07, 6.45) is -1.29. The third-order valence-corrected chi connectivity index (χ3v) is 3.84. The van der Waals surface area contributed by atoms with Gasteiger partial charge < -0.3 is 5.11 Å². The van der Waals surface area contributed by atoms with E-state index in [4.69, 9.17) is 5.11 Å². The number of rotatable bonds is 4. The van der Waals surface area contributed by atoms with Gasteiger partial charge >= 0.3 is 0 Å². The Morgan fingerprint density at radius 2 is 2.13 bits per heavy atom. The van der Waals surface area contributed by atoms with Gasteiger partial charge in [0.15, 0.2) is 0 Å². The van der Waals surface area contributed by atoms with Gasteiger partial charge in [-0.05, 0) is 33.6 Å². The summed E-state index contributed by atoms with van der Waals surface area (Å²) < 4.78 is 14.0. The average molecular weight is 293 g/mol. The highest BCUT2D eigenvalue weighted by Gasteiger charge is 2.11. The van der Waals surface area contributed by atoms with E-state index in [1.165, 1.54) is 0 Å². The van der Waals surface area contributed by atoms with Crippen molar-refractivity contribution in [3.63, 3.8) is 0 Å². The van der Waals surface area contributed by atoms with E-state index in [0.717, 1.165) is 9.37 Å². The molecule has 15 heavy (non-hydrogen) atoms. The molecule has 0 heterocycles. The van der Waals surface area contributed by atoms with Crippen molar-refractivity contribution in [3.8, 4) is 0 Å². The third kappa shape index (κ3) is 3.78. The summed E-state index contributed by atoms with van der Waals surface area (Å²) in [6.45, 7) is 3.75. The summed E-state index contributed by atoms with van der Waals surface area (Å²) in [4.78, 5) is 1.10. The summed E-state index contributed by atoms with van der Waals surface area (Å²) in [6, 6.07) is 5.33. The van der Waals surface area contributed by atoms with Gasteiger partial charge in [0.25, 0.3) is 0 Å². The summed E-state index contributed by atoms with van der Waals surface area (Å²) >= 11 is 5.13. The molecule has 1 nitrogen and oxygen atoms in total. The molecule has 0 saturated heterocycles. The number of hydrogen-bond donors (Lipinski definition) is 1. The van der Waals surface area contributed by atoms with Gasteiger partial charge in [-0.15, -0.1) is 11.8 Å². The Morgan fingerprint density at radius 1 is 1.47 bits per heavy atom. The number of alkyl halides is 1. The minimum atomic E-state index is -1.29. The maximum absolute atomic E-state index is 13.2. The maximum Gasteiger partial charge on any atom is 0.148 e. The number of aliphatic hydroxyl groups is 1. The van der Waals surface area contributed by atoms with Gasteiger partial charge in [-0.3, -0.25) is 0 Å². The first kappa shape index (κ1) is 13.0. The Kier molecular flexibility index (Phi) is 5.09. The van der Waals surface area contributed by atoms with Crippen LogP contribution in [0.25, 0.3) is 0 Å². The van der Waals surface area contributed by atoms with Crippen LogP contribution in [0.1, 0.15) is 25.6 Å². The molecule has 1 aromatic carbocycles. The number of thioether (sulfide) groups is 1. The van der Waals surface area contributed by atoms with E-state index in [-0.39, 0.29) is 0 Å². The third-order valence-electron chi connectivity index (χ3n) is 1.84. The smallest absolute Gasteiger partial charge is 0.148 e. The summed E-state index contributed by atoms with van der Waals surface area (Å²) in [5, 5.41) is 9.19. The van der Waals surface area contributed by atoms with Crippen molar-refractivity contribution in [2.45, 2.75) is 30.2 Å². The van der Waals surface area contributed by atoms with E-state index >= 15 is 0 Å². The monoisotopic (exact) mass is 292 g/mol. The van der Waals surface area contributed by atoms with Crippen molar-refractivity contribution in [2.75, 3.05) is 6.61 Å². The largest absolute Gasteiger partial charge is 0.393 e. The van der Waals surface area contributed by atoms with E-state index in [1.807, 2.05) is 6.07 Å². The predicted molar refractivity (Wildman–Crippen MR) is 66.1 cm³/mol. The first-order chi connectivity index (χ1) is 7.04. The second-order valence-corrected chi connectivity index (χ2v) is 5.98. The van der Waals surface area contributed by atoms with Crippen LogP contribution in [0.15, 0.2) is 27.6 Å². The van der Waals surface area contributed by atoms with Gasteiger partial charge in [0, 0.05) is 14.6 Å². The molecule has 0 amide bonds. The zero-order valence-electron chi connectivity index (χ0n) is 8.71. The van der Waals surface area contributed by atoms with E-state index in [2.05, 4.69) is 29.8 Å². The molecule has 4 heteroatoms. The number of halogens is 2. The van der Waals surface area contributed by atoms with Gasteiger partial charge in [-0.1, -0.05) is 19.9 Å². The van der Waals surface area contributed by atoms with Crippen molar-refractivity contribution in [3.05, 3.63) is 28.2 Å². The molecular formula is C11H14BrFOS. The lowest BCUT2D eigenvalue weighted by Crippen LogP contribution is -1.97. The van der Waals surface area contributed by atoms with E-state index in [0.29, 0.717) is 10.8 Å². The molecule has 0 saturated carbocycles. The summed E-state index contributed by atoms with van der Waals surface area (Å²) in [5.74, 6) is 0.